The van der Waals surface area contributed by atoms with Gasteiger partial charge in [0, 0.05) is 0 Å². The highest BCUT2D eigenvalue weighted by Crippen LogP contribution is 2.34. The number of amides is 1. The van der Waals surface area contributed by atoms with Crippen molar-refractivity contribution < 1.29 is 14.7 Å². The van der Waals surface area contributed by atoms with Crippen LogP contribution < -0.4 is 5.11 Å². The molecule has 0 aromatic heterocycles. The maximum atomic E-state index is 12.5. The highest BCUT2D eigenvalue weighted by molar-refractivity contribution is 8.26. The van der Waals surface area contributed by atoms with E-state index in [9.17, 15) is 14.7 Å². The van der Waals surface area contributed by atoms with Gasteiger partial charge < -0.3 is 9.90 Å². The molecule has 0 aliphatic carbocycles. The molecule has 0 spiro atoms. The second-order valence-corrected chi connectivity index (χ2v) is 7.74. The number of aryl methyl sites for hydroxylation is 1. The van der Waals surface area contributed by atoms with Crippen molar-refractivity contribution in [3.05, 3.63) is 40.3 Å². The molecular formula is C16H16NO3S3-. The molecule has 4 nitrogen and oxygen atoms in total. The predicted molar refractivity (Wildman–Crippen MR) is 98.0 cm³/mol. The first-order valence-corrected chi connectivity index (χ1v) is 9.59. The number of carbonyl (C=O) groups excluding carboxylic acids is 2. The number of carbonyl (C=O) groups is 2. The van der Waals surface area contributed by atoms with Crippen LogP contribution in [0, 0.1) is 6.92 Å². The normalized spacial score (nSPS) is 17.8. The smallest absolute Gasteiger partial charge is 0.266 e. The van der Waals surface area contributed by atoms with Gasteiger partial charge in [-0.2, -0.15) is 11.8 Å². The summed E-state index contributed by atoms with van der Waals surface area (Å²) in [6.07, 6.45) is 3.93. The summed E-state index contributed by atoms with van der Waals surface area (Å²) in [4.78, 5) is 25.5. The van der Waals surface area contributed by atoms with Gasteiger partial charge in [0.1, 0.15) is 4.32 Å². The Kier molecular flexibility index (Phi) is 6.26. The lowest BCUT2D eigenvalue weighted by Gasteiger charge is -2.27. The minimum absolute atomic E-state index is 0.267. The van der Waals surface area contributed by atoms with E-state index in [1.807, 2.05) is 37.4 Å². The van der Waals surface area contributed by atoms with Crippen LogP contribution in [-0.2, 0) is 9.59 Å². The summed E-state index contributed by atoms with van der Waals surface area (Å²) >= 11 is 7.86. The van der Waals surface area contributed by atoms with Crippen molar-refractivity contribution in [1.29, 1.82) is 0 Å². The molecule has 1 heterocycles. The maximum Gasteiger partial charge on any atom is 0.266 e. The Labute approximate surface area is 149 Å². The summed E-state index contributed by atoms with van der Waals surface area (Å²) in [7, 11) is 0. The maximum absolute atomic E-state index is 12.5. The van der Waals surface area contributed by atoms with Crippen LogP contribution in [0.3, 0.4) is 0 Å². The van der Waals surface area contributed by atoms with Gasteiger partial charge in [0.25, 0.3) is 5.91 Å². The fraction of sp³-hybridized carbons (Fsp3) is 0.312. The standard InChI is InChI=1S/C16H17NO3S3/c1-10-3-5-11(6-4-10)9-13-14(18)17(16(21)23-13)12(15(19)20)7-8-22-2/h3-6,9,12H,7-8H2,1-2H3,(H,19,20)/p-1/b13-9+/t12-/m1/s1. The Bertz CT molecular complexity index is 655. The van der Waals surface area contributed by atoms with E-state index >= 15 is 0 Å². The lowest BCUT2D eigenvalue weighted by molar-refractivity contribution is -0.310. The van der Waals surface area contributed by atoms with E-state index in [2.05, 4.69) is 0 Å². The van der Waals surface area contributed by atoms with E-state index in [0.29, 0.717) is 17.1 Å². The number of benzene rings is 1. The van der Waals surface area contributed by atoms with E-state index < -0.39 is 12.0 Å². The highest BCUT2D eigenvalue weighted by atomic mass is 32.2. The fourth-order valence-electron chi connectivity index (χ4n) is 2.14. The molecule has 1 atom stereocenters. The van der Waals surface area contributed by atoms with Crippen molar-refractivity contribution >= 4 is 58.0 Å². The highest BCUT2D eigenvalue weighted by Gasteiger charge is 2.37. The SMILES string of the molecule is CSCC[C@H](C(=O)[O-])N1C(=O)/C(=C\c2ccc(C)cc2)SC1=S. The first kappa shape index (κ1) is 18.0. The zero-order valence-corrected chi connectivity index (χ0v) is 15.2. The zero-order chi connectivity index (χ0) is 17.0. The molecule has 1 aromatic rings. The summed E-state index contributed by atoms with van der Waals surface area (Å²) in [5.41, 5.74) is 2.01. The fourth-order valence-corrected chi connectivity index (χ4v) is 3.96. The predicted octanol–water partition coefficient (Wildman–Crippen LogP) is 2.07. The molecule has 1 fully saturated rings. The van der Waals surface area contributed by atoms with Gasteiger partial charge in [-0.15, -0.1) is 0 Å². The average Bonchev–Trinajstić information content (AvgIpc) is 2.77. The Hall–Kier alpha value is -1.31. The lowest BCUT2D eigenvalue weighted by Crippen LogP contribution is -2.50. The van der Waals surface area contributed by atoms with Gasteiger partial charge in [0.2, 0.25) is 0 Å². The Morgan fingerprint density at radius 1 is 1.43 bits per heavy atom. The van der Waals surface area contributed by atoms with Crippen LogP contribution in [0.1, 0.15) is 17.5 Å². The van der Waals surface area contributed by atoms with Crippen LogP contribution in [0.2, 0.25) is 0 Å². The van der Waals surface area contributed by atoms with Gasteiger partial charge in [-0.05, 0) is 37.0 Å². The average molecular weight is 367 g/mol. The lowest BCUT2D eigenvalue weighted by atomic mass is 10.1. The van der Waals surface area contributed by atoms with Crippen molar-refractivity contribution in [2.45, 2.75) is 19.4 Å². The molecule has 0 N–H and O–H groups in total. The van der Waals surface area contributed by atoms with Crippen molar-refractivity contribution in [2.24, 2.45) is 0 Å². The van der Waals surface area contributed by atoms with Gasteiger partial charge >= 0.3 is 0 Å². The van der Waals surface area contributed by atoms with Gasteiger partial charge in [-0.1, -0.05) is 53.8 Å². The first-order chi connectivity index (χ1) is 10.9. The largest absolute Gasteiger partial charge is 0.548 e. The number of thioether (sulfide) groups is 2. The van der Waals surface area contributed by atoms with Crippen molar-refractivity contribution in [2.75, 3.05) is 12.0 Å². The van der Waals surface area contributed by atoms with Crippen LogP contribution in [0.25, 0.3) is 6.08 Å². The summed E-state index contributed by atoms with van der Waals surface area (Å²) in [5, 5.41) is 11.4. The van der Waals surface area contributed by atoms with E-state index in [1.54, 1.807) is 6.08 Å². The van der Waals surface area contributed by atoms with Gasteiger partial charge in [-0.25, -0.2) is 0 Å². The molecule has 1 aromatic carbocycles. The molecule has 0 bridgehead atoms. The number of hydrogen-bond acceptors (Lipinski definition) is 6. The molecule has 0 radical (unpaired) electrons. The number of aliphatic carboxylic acids is 1. The third-order valence-electron chi connectivity index (χ3n) is 3.38. The topological polar surface area (TPSA) is 60.4 Å². The molecule has 1 aliphatic rings. The van der Waals surface area contributed by atoms with Crippen LogP contribution in [0.5, 0.6) is 0 Å². The number of carboxylic acids is 1. The minimum Gasteiger partial charge on any atom is -0.548 e. The van der Waals surface area contributed by atoms with Crippen molar-refractivity contribution in [1.82, 2.24) is 4.90 Å². The van der Waals surface area contributed by atoms with E-state index in [0.717, 1.165) is 22.9 Å². The Balaban J connectivity index is 2.24. The second kappa shape index (κ2) is 7.99. The number of nitrogens with zero attached hydrogens (tertiary/aromatic N) is 1. The van der Waals surface area contributed by atoms with Crippen LogP contribution in [0.4, 0.5) is 0 Å². The Morgan fingerprint density at radius 3 is 2.65 bits per heavy atom. The molecule has 0 unspecified atom stereocenters. The van der Waals surface area contributed by atoms with Gasteiger partial charge in [-0.3, -0.25) is 9.69 Å². The van der Waals surface area contributed by atoms with Gasteiger partial charge in [0.15, 0.2) is 0 Å². The molecule has 122 valence electrons. The monoisotopic (exact) mass is 366 g/mol. The molecule has 0 saturated carbocycles. The molecule has 1 aliphatic heterocycles. The Morgan fingerprint density at radius 2 is 2.09 bits per heavy atom. The van der Waals surface area contributed by atoms with Crippen LogP contribution in [0.15, 0.2) is 29.2 Å². The molecule has 2 rings (SSSR count). The van der Waals surface area contributed by atoms with E-state index in [-0.39, 0.29) is 10.2 Å². The number of thiocarbonyl (C=S) groups is 1. The quantitative estimate of drug-likeness (QED) is 0.567. The van der Waals surface area contributed by atoms with E-state index in [1.165, 1.54) is 16.7 Å². The summed E-state index contributed by atoms with van der Waals surface area (Å²) in [5.74, 6) is -1.02. The third-order valence-corrected chi connectivity index (χ3v) is 5.35. The van der Waals surface area contributed by atoms with Gasteiger partial charge in [0.05, 0.1) is 16.9 Å². The number of rotatable bonds is 6. The molecule has 23 heavy (non-hydrogen) atoms. The van der Waals surface area contributed by atoms with Crippen molar-refractivity contribution in [3.63, 3.8) is 0 Å². The summed E-state index contributed by atoms with van der Waals surface area (Å²) in [6, 6.07) is 6.71. The van der Waals surface area contributed by atoms with Crippen LogP contribution >= 0.6 is 35.7 Å². The van der Waals surface area contributed by atoms with E-state index in [4.69, 9.17) is 12.2 Å². The number of hydrogen-bond donors (Lipinski definition) is 0. The summed E-state index contributed by atoms with van der Waals surface area (Å²) < 4.78 is 0.267. The molecule has 1 amide bonds. The van der Waals surface area contributed by atoms with Crippen molar-refractivity contribution in [3.8, 4) is 0 Å². The third kappa shape index (κ3) is 4.37. The zero-order valence-electron chi connectivity index (χ0n) is 12.8. The molecule has 1 saturated heterocycles. The molecule has 7 heteroatoms. The molecular weight excluding hydrogens is 350 g/mol. The second-order valence-electron chi connectivity index (χ2n) is 5.08. The minimum atomic E-state index is -1.27. The van der Waals surface area contributed by atoms with Crippen LogP contribution in [-0.4, -0.2) is 39.1 Å². The first-order valence-electron chi connectivity index (χ1n) is 6.97. The number of carboxylic acid groups (broad SMARTS) is 1. The summed E-state index contributed by atoms with van der Waals surface area (Å²) in [6.45, 7) is 1.99.